The van der Waals surface area contributed by atoms with E-state index in [9.17, 15) is 5.26 Å². The Bertz CT molecular complexity index is 341. The lowest BCUT2D eigenvalue weighted by atomic mass is 9.86. The van der Waals surface area contributed by atoms with Gasteiger partial charge in [-0.15, -0.1) is 0 Å². The van der Waals surface area contributed by atoms with Gasteiger partial charge >= 0.3 is 0 Å². The molecule has 114 valence electrons. The fraction of sp³-hybridized carbons (Fsp3) is 0.938. The van der Waals surface area contributed by atoms with Gasteiger partial charge in [0.15, 0.2) is 0 Å². The minimum absolute atomic E-state index is 0.248. The van der Waals surface area contributed by atoms with Gasteiger partial charge in [0.25, 0.3) is 0 Å². The van der Waals surface area contributed by atoms with Crippen LogP contribution in [0.4, 0.5) is 0 Å². The summed E-state index contributed by atoms with van der Waals surface area (Å²) in [5.74, 6) is 0.532. The molecule has 0 aromatic carbocycles. The van der Waals surface area contributed by atoms with Crippen molar-refractivity contribution in [1.82, 2.24) is 15.1 Å². The number of nitrogens with zero attached hydrogens (tertiary/aromatic N) is 3. The molecule has 0 aromatic heterocycles. The third-order valence-corrected chi connectivity index (χ3v) is 5.55. The van der Waals surface area contributed by atoms with E-state index in [2.05, 4.69) is 35.3 Å². The Morgan fingerprint density at radius 3 is 2.55 bits per heavy atom. The Morgan fingerprint density at radius 2 is 2.00 bits per heavy atom. The zero-order chi connectivity index (χ0) is 14.6. The molecule has 2 atom stereocenters. The summed E-state index contributed by atoms with van der Waals surface area (Å²) in [7, 11) is 6.32. The van der Waals surface area contributed by atoms with Crippen LogP contribution in [0, 0.1) is 17.2 Å². The quantitative estimate of drug-likeness (QED) is 0.831. The van der Waals surface area contributed by atoms with Crippen LogP contribution in [0.3, 0.4) is 0 Å². The smallest absolute Gasteiger partial charge is 0.109 e. The second-order valence-electron chi connectivity index (χ2n) is 6.75. The molecule has 1 aliphatic heterocycles. The summed E-state index contributed by atoms with van der Waals surface area (Å²) in [6.45, 7) is 3.60. The van der Waals surface area contributed by atoms with Crippen LogP contribution in [-0.4, -0.2) is 62.2 Å². The van der Waals surface area contributed by atoms with Crippen molar-refractivity contribution in [3.05, 3.63) is 0 Å². The summed E-state index contributed by atoms with van der Waals surface area (Å²) in [6.07, 6.45) is 7.17. The first-order valence-corrected chi connectivity index (χ1v) is 8.10. The Morgan fingerprint density at radius 1 is 1.30 bits per heavy atom. The number of nitriles is 1. The molecule has 2 rings (SSSR count). The molecule has 0 radical (unpaired) electrons. The second kappa shape index (κ2) is 6.89. The first-order valence-electron chi connectivity index (χ1n) is 8.10. The van der Waals surface area contributed by atoms with Crippen molar-refractivity contribution in [2.75, 3.05) is 40.8 Å². The van der Waals surface area contributed by atoms with E-state index in [-0.39, 0.29) is 5.54 Å². The molecule has 0 amide bonds. The standard InChI is InChI=1S/C16H30N4/c1-18-16(13-17)9-4-5-14(16)6-10-20-11-7-15(8-12-20)19(2)3/h14-15,18H,4-12H2,1-3H3. The predicted molar refractivity (Wildman–Crippen MR) is 82.5 cm³/mol. The normalized spacial score (nSPS) is 32.6. The van der Waals surface area contributed by atoms with E-state index < -0.39 is 0 Å². The minimum Gasteiger partial charge on any atom is -0.306 e. The Balaban J connectivity index is 1.78. The van der Waals surface area contributed by atoms with Gasteiger partial charge in [-0.1, -0.05) is 6.42 Å². The fourth-order valence-electron chi connectivity index (χ4n) is 4.00. The van der Waals surface area contributed by atoms with Crippen LogP contribution < -0.4 is 5.32 Å². The zero-order valence-electron chi connectivity index (χ0n) is 13.4. The molecule has 2 aliphatic rings. The van der Waals surface area contributed by atoms with Crippen molar-refractivity contribution >= 4 is 0 Å². The lowest BCUT2D eigenvalue weighted by Crippen LogP contribution is -2.47. The molecule has 2 unspecified atom stereocenters. The monoisotopic (exact) mass is 278 g/mol. The predicted octanol–water partition coefficient (Wildman–Crippen LogP) is 1.68. The first-order chi connectivity index (χ1) is 9.61. The van der Waals surface area contributed by atoms with Gasteiger partial charge < -0.3 is 15.1 Å². The highest BCUT2D eigenvalue weighted by Gasteiger charge is 2.41. The largest absolute Gasteiger partial charge is 0.306 e. The number of hydrogen-bond acceptors (Lipinski definition) is 4. The van der Waals surface area contributed by atoms with Crippen molar-refractivity contribution in [2.24, 2.45) is 5.92 Å². The maximum absolute atomic E-state index is 9.49. The van der Waals surface area contributed by atoms with Crippen LogP contribution >= 0.6 is 0 Å². The molecule has 0 bridgehead atoms. The molecule has 20 heavy (non-hydrogen) atoms. The summed E-state index contributed by atoms with van der Waals surface area (Å²) < 4.78 is 0. The fourth-order valence-corrected chi connectivity index (χ4v) is 4.00. The van der Waals surface area contributed by atoms with E-state index in [1.54, 1.807) is 0 Å². The van der Waals surface area contributed by atoms with E-state index in [1.807, 2.05) is 7.05 Å². The van der Waals surface area contributed by atoms with Crippen LogP contribution in [0.15, 0.2) is 0 Å². The van der Waals surface area contributed by atoms with Crippen LogP contribution in [0.5, 0.6) is 0 Å². The molecule has 0 aromatic rings. The molecule has 4 nitrogen and oxygen atoms in total. The average molecular weight is 278 g/mol. The summed E-state index contributed by atoms with van der Waals surface area (Å²) in [5.41, 5.74) is -0.248. The number of nitrogens with one attached hydrogen (secondary N) is 1. The van der Waals surface area contributed by atoms with Crippen LogP contribution in [0.2, 0.25) is 0 Å². The van der Waals surface area contributed by atoms with Crippen LogP contribution in [-0.2, 0) is 0 Å². The van der Waals surface area contributed by atoms with Crippen molar-refractivity contribution < 1.29 is 0 Å². The highest BCUT2D eigenvalue weighted by molar-refractivity contribution is 5.13. The number of likely N-dealkylation sites (tertiary alicyclic amines) is 1. The minimum atomic E-state index is -0.248. The molecule has 2 fully saturated rings. The lowest BCUT2D eigenvalue weighted by molar-refractivity contribution is 0.135. The SMILES string of the molecule is CNC1(C#N)CCCC1CCN1CCC(N(C)C)CC1. The van der Waals surface area contributed by atoms with Gasteiger partial charge in [-0.25, -0.2) is 0 Å². The molecule has 1 aliphatic carbocycles. The molecular weight excluding hydrogens is 248 g/mol. The third-order valence-electron chi connectivity index (χ3n) is 5.55. The molecule has 0 spiro atoms. The highest BCUT2D eigenvalue weighted by Crippen LogP contribution is 2.37. The lowest BCUT2D eigenvalue weighted by Gasteiger charge is -2.36. The zero-order valence-corrected chi connectivity index (χ0v) is 13.4. The second-order valence-corrected chi connectivity index (χ2v) is 6.75. The van der Waals surface area contributed by atoms with E-state index in [0.29, 0.717) is 5.92 Å². The number of hydrogen-bond donors (Lipinski definition) is 1. The van der Waals surface area contributed by atoms with E-state index in [4.69, 9.17) is 0 Å². The molecule has 1 N–H and O–H groups in total. The molecular formula is C16H30N4. The number of piperidine rings is 1. The van der Waals surface area contributed by atoms with Gasteiger partial charge in [0.2, 0.25) is 0 Å². The van der Waals surface area contributed by atoms with Gasteiger partial charge in [-0.2, -0.15) is 5.26 Å². The number of rotatable bonds is 5. The van der Waals surface area contributed by atoms with Gasteiger partial charge in [-0.3, -0.25) is 0 Å². The molecule has 4 heteroatoms. The van der Waals surface area contributed by atoms with Crippen LogP contribution in [0.1, 0.15) is 38.5 Å². The summed E-state index contributed by atoms with van der Waals surface area (Å²) >= 11 is 0. The molecule has 1 saturated carbocycles. The van der Waals surface area contributed by atoms with Gasteiger partial charge in [-0.05, 0) is 78.8 Å². The first kappa shape index (κ1) is 15.8. The summed E-state index contributed by atoms with van der Waals surface area (Å²) in [5, 5.41) is 12.8. The van der Waals surface area contributed by atoms with Crippen molar-refractivity contribution in [1.29, 1.82) is 5.26 Å². The Labute approximate surface area is 124 Å². The third kappa shape index (κ3) is 3.33. The maximum atomic E-state index is 9.49. The molecule has 1 saturated heterocycles. The van der Waals surface area contributed by atoms with Crippen LogP contribution in [0.25, 0.3) is 0 Å². The summed E-state index contributed by atoms with van der Waals surface area (Å²) in [4.78, 5) is 4.95. The van der Waals surface area contributed by atoms with E-state index in [0.717, 1.165) is 19.0 Å². The highest BCUT2D eigenvalue weighted by atomic mass is 15.2. The Hall–Kier alpha value is -0.630. The van der Waals surface area contributed by atoms with Crippen molar-refractivity contribution in [3.8, 4) is 6.07 Å². The summed E-state index contributed by atoms with van der Waals surface area (Å²) in [6, 6.07) is 3.31. The van der Waals surface area contributed by atoms with E-state index >= 15 is 0 Å². The van der Waals surface area contributed by atoms with Gasteiger partial charge in [0.1, 0.15) is 5.54 Å². The van der Waals surface area contributed by atoms with Gasteiger partial charge in [0, 0.05) is 6.04 Å². The van der Waals surface area contributed by atoms with Gasteiger partial charge in [0.05, 0.1) is 6.07 Å². The van der Waals surface area contributed by atoms with Crippen molar-refractivity contribution in [3.63, 3.8) is 0 Å². The molecule has 1 heterocycles. The van der Waals surface area contributed by atoms with E-state index in [1.165, 1.54) is 45.2 Å². The average Bonchev–Trinajstić information content (AvgIpc) is 2.89. The topological polar surface area (TPSA) is 42.3 Å². The maximum Gasteiger partial charge on any atom is 0.109 e. The Kier molecular flexibility index (Phi) is 5.42. The van der Waals surface area contributed by atoms with Crippen molar-refractivity contribution in [2.45, 2.75) is 50.1 Å².